The number of nitrogens with one attached hydrogen (secondary N) is 1. The normalized spacial score (nSPS) is 16.1. The van der Waals surface area contributed by atoms with Crippen LogP contribution < -0.4 is 20.5 Å². The molecule has 1 aliphatic rings. The van der Waals surface area contributed by atoms with Crippen molar-refractivity contribution in [3.63, 3.8) is 0 Å². The third-order valence-corrected chi connectivity index (χ3v) is 4.02. The van der Waals surface area contributed by atoms with Crippen LogP contribution in [0.25, 0.3) is 0 Å². The number of benzene rings is 1. The second-order valence-electron chi connectivity index (χ2n) is 5.37. The molecule has 1 atom stereocenters. The Hall–Kier alpha value is -1.50. The average molecular weight is 345 g/mol. The molecule has 0 aromatic heterocycles. The van der Waals surface area contributed by atoms with E-state index in [4.69, 9.17) is 19.9 Å². The minimum absolute atomic E-state index is 0. The van der Waals surface area contributed by atoms with Crippen LogP contribution in [0, 0.1) is 5.92 Å². The number of carbonyl (C=O) groups excluding carboxylic acids is 1. The van der Waals surface area contributed by atoms with Crippen molar-refractivity contribution in [1.82, 2.24) is 5.32 Å². The van der Waals surface area contributed by atoms with Crippen LogP contribution in [-0.4, -0.2) is 39.4 Å². The first-order chi connectivity index (χ1) is 10.7. The Kier molecular flexibility index (Phi) is 8.16. The summed E-state index contributed by atoms with van der Waals surface area (Å²) in [4.78, 5) is 12.2. The van der Waals surface area contributed by atoms with Gasteiger partial charge in [-0.1, -0.05) is 0 Å². The SMILES string of the molecule is COc1ccc(OC)c(CNC(=O)C(N)C2CCOCC2)c1.Cl. The lowest BCUT2D eigenvalue weighted by molar-refractivity contribution is -0.124. The van der Waals surface area contributed by atoms with Gasteiger partial charge in [0.2, 0.25) is 5.91 Å². The molecule has 3 N–H and O–H groups in total. The molecule has 0 spiro atoms. The molecule has 0 aliphatic carbocycles. The zero-order chi connectivity index (χ0) is 15.9. The summed E-state index contributed by atoms with van der Waals surface area (Å²) in [6.07, 6.45) is 1.66. The molecule has 1 unspecified atom stereocenters. The van der Waals surface area contributed by atoms with E-state index < -0.39 is 6.04 Å². The van der Waals surface area contributed by atoms with Crippen molar-refractivity contribution < 1.29 is 19.0 Å². The topological polar surface area (TPSA) is 82.8 Å². The fraction of sp³-hybridized carbons (Fsp3) is 0.562. The summed E-state index contributed by atoms with van der Waals surface area (Å²) in [5, 5.41) is 2.88. The molecule has 1 fully saturated rings. The standard InChI is InChI=1S/C16H24N2O4.ClH/c1-20-13-3-4-14(21-2)12(9-13)10-18-16(19)15(17)11-5-7-22-8-6-11;/h3-4,9,11,15H,5-8,10,17H2,1-2H3,(H,18,19);1H. The van der Waals surface area contributed by atoms with Crippen molar-refractivity contribution in [3.05, 3.63) is 23.8 Å². The third-order valence-electron chi connectivity index (χ3n) is 4.02. The number of amides is 1. The monoisotopic (exact) mass is 344 g/mol. The van der Waals surface area contributed by atoms with E-state index in [1.54, 1.807) is 14.2 Å². The Morgan fingerprint density at radius 2 is 2.04 bits per heavy atom. The number of rotatable bonds is 6. The molecule has 130 valence electrons. The maximum atomic E-state index is 12.2. The van der Waals surface area contributed by atoms with E-state index in [9.17, 15) is 4.79 Å². The van der Waals surface area contributed by atoms with Gasteiger partial charge in [0.15, 0.2) is 0 Å². The van der Waals surface area contributed by atoms with Crippen LogP contribution in [0.4, 0.5) is 0 Å². The fourth-order valence-corrected chi connectivity index (χ4v) is 2.61. The molecule has 0 bridgehead atoms. The Balaban J connectivity index is 0.00000264. The Bertz CT molecular complexity index is 507. The van der Waals surface area contributed by atoms with Crippen LogP contribution in [0.1, 0.15) is 18.4 Å². The lowest BCUT2D eigenvalue weighted by atomic mass is 9.92. The van der Waals surface area contributed by atoms with E-state index in [1.807, 2.05) is 18.2 Å². The molecule has 1 saturated heterocycles. The summed E-state index contributed by atoms with van der Waals surface area (Å²) < 4.78 is 15.8. The fourth-order valence-electron chi connectivity index (χ4n) is 2.61. The van der Waals surface area contributed by atoms with Gasteiger partial charge in [-0.3, -0.25) is 4.79 Å². The molecule has 1 aromatic carbocycles. The van der Waals surface area contributed by atoms with Crippen LogP contribution >= 0.6 is 12.4 Å². The van der Waals surface area contributed by atoms with E-state index in [2.05, 4.69) is 5.32 Å². The zero-order valence-corrected chi connectivity index (χ0v) is 14.4. The first kappa shape index (κ1) is 19.5. The summed E-state index contributed by atoms with van der Waals surface area (Å²) in [5.41, 5.74) is 6.92. The number of halogens is 1. The maximum absolute atomic E-state index is 12.2. The lowest BCUT2D eigenvalue weighted by Crippen LogP contribution is -2.46. The first-order valence-electron chi connectivity index (χ1n) is 7.47. The third kappa shape index (κ3) is 5.27. The van der Waals surface area contributed by atoms with Crippen LogP contribution in [0.5, 0.6) is 11.5 Å². The number of hydrogen-bond acceptors (Lipinski definition) is 5. The highest BCUT2D eigenvalue weighted by atomic mass is 35.5. The smallest absolute Gasteiger partial charge is 0.237 e. The van der Waals surface area contributed by atoms with E-state index in [0.29, 0.717) is 25.5 Å². The van der Waals surface area contributed by atoms with Crippen molar-refractivity contribution in [2.45, 2.75) is 25.4 Å². The van der Waals surface area contributed by atoms with Crippen molar-refractivity contribution in [1.29, 1.82) is 0 Å². The number of ether oxygens (including phenoxy) is 3. The highest BCUT2D eigenvalue weighted by molar-refractivity contribution is 5.85. The molecule has 1 aliphatic heterocycles. The highest BCUT2D eigenvalue weighted by Gasteiger charge is 2.26. The predicted molar refractivity (Wildman–Crippen MR) is 90.2 cm³/mol. The molecule has 23 heavy (non-hydrogen) atoms. The minimum Gasteiger partial charge on any atom is -0.497 e. The Labute approximate surface area is 143 Å². The van der Waals surface area contributed by atoms with Gasteiger partial charge < -0.3 is 25.3 Å². The number of hydrogen-bond donors (Lipinski definition) is 2. The van der Waals surface area contributed by atoms with Crippen molar-refractivity contribution in [3.8, 4) is 11.5 Å². The molecule has 7 heteroatoms. The Morgan fingerprint density at radius 1 is 1.35 bits per heavy atom. The molecule has 1 amide bonds. The van der Waals surface area contributed by atoms with Crippen molar-refractivity contribution >= 4 is 18.3 Å². The molecular formula is C16H25ClN2O4. The molecule has 1 aromatic rings. The van der Waals surface area contributed by atoms with Crippen LogP contribution in [-0.2, 0) is 16.1 Å². The molecular weight excluding hydrogens is 320 g/mol. The summed E-state index contributed by atoms with van der Waals surface area (Å²) in [6, 6.07) is 4.98. The minimum atomic E-state index is -0.500. The largest absolute Gasteiger partial charge is 0.497 e. The van der Waals surface area contributed by atoms with Gasteiger partial charge in [-0.2, -0.15) is 0 Å². The van der Waals surface area contributed by atoms with E-state index in [-0.39, 0.29) is 24.2 Å². The van der Waals surface area contributed by atoms with Gasteiger partial charge in [-0.15, -0.1) is 12.4 Å². The van der Waals surface area contributed by atoms with E-state index >= 15 is 0 Å². The average Bonchev–Trinajstić information content (AvgIpc) is 2.59. The van der Waals surface area contributed by atoms with Gasteiger partial charge in [0.05, 0.1) is 20.3 Å². The summed E-state index contributed by atoms with van der Waals surface area (Å²) >= 11 is 0. The molecule has 0 saturated carbocycles. The van der Waals surface area contributed by atoms with Crippen LogP contribution in [0.3, 0.4) is 0 Å². The maximum Gasteiger partial charge on any atom is 0.237 e. The number of methoxy groups -OCH3 is 2. The second-order valence-corrected chi connectivity index (χ2v) is 5.37. The number of nitrogens with two attached hydrogens (primary N) is 1. The number of carbonyl (C=O) groups is 1. The molecule has 2 rings (SSSR count). The summed E-state index contributed by atoms with van der Waals surface area (Å²) in [6.45, 7) is 1.71. The van der Waals surface area contributed by atoms with Gasteiger partial charge in [0, 0.05) is 25.3 Å². The summed E-state index contributed by atoms with van der Waals surface area (Å²) in [7, 11) is 3.20. The van der Waals surface area contributed by atoms with Gasteiger partial charge in [-0.05, 0) is 37.0 Å². The van der Waals surface area contributed by atoms with E-state index in [1.165, 1.54) is 0 Å². The van der Waals surface area contributed by atoms with Gasteiger partial charge in [0.1, 0.15) is 11.5 Å². The zero-order valence-electron chi connectivity index (χ0n) is 13.5. The highest BCUT2D eigenvalue weighted by Crippen LogP contribution is 2.24. The first-order valence-corrected chi connectivity index (χ1v) is 7.47. The lowest BCUT2D eigenvalue weighted by Gasteiger charge is -2.26. The summed E-state index contributed by atoms with van der Waals surface area (Å²) in [5.74, 6) is 1.47. The predicted octanol–water partition coefficient (Wildman–Crippen LogP) is 1.50. The van der Waals surface area contributed by atoms with Crippen molar-refractivity contribution in [2.75, 3.05) is 27.4 Å². The molecule has 6 nitrogen and oxygen atoms in total. The Morgan fingerprint density at radius 3 is 2.65 bits per heavy atom. The second kappa shape index (κ2) is 9.60. The van der Waals surface area contributed by atoms with Gasteiger partial charge in [0.25, 0.3) is 0 Å². The molecule has 0 radical (unpaired) electrons. The van der Waals surface area contributed by atoms with E-state index in [0.717, 1.165) is 24.2 Å². The van der Waals surface area contributed by atoms with Gasteiger partial charge >= 0.3 is 0 Å². The van der Waals surface area contributed by atoms with Crippen LogP contribution in [0.2, 0.25) is 0 Å². The van der Waals surface area contributed by atoms with Gasteiger partial charge in [-0.25, -0.2) is 0 Å². The van der Waals surface area contributed by atoms with Crippen LogP contribution in [0.15, 0.2) is 18.2 Å². The van der Waals surface area contributed by atoms with Crippen molar-refractivity contribution in [2.24, 2.45) is 11.7 Å². The quantitative estimate of drug-likeness (QED) is 0.817. The molecule has 1 heterocycles.